The van der Waals surface area contributed by atoms with Gasteiger partial charge in [-0.05, 0) is 69.1 Å². The fourth-order valence-electron chi connectivity index (χ4n) is 5.77. The van der Waals surface area contributed by atoms with E-state index in [1.165, 1.54) is 54.6 Å². The van der Waals surface area contributed by atoms with Crippen LogP contribution in [0.4, 0.5) is 23.2 Å². The van der Waals surface area contributed by atoms with Crippen molar-refractivity contribution in [2.45, 2.75) is 62.8 Å². The van der Waals surface area contributed by atoms with Gasteiger partial charge < -0.3 is 14.2 Å². The maximum absolute atomic E-state index is 16.0. The zero-order chi connectivity index (χ0) is 27.9. The standard InChI is InChI=1S/C28H30F4N6O2/c29-19-3-1-6-23(13-19)38(15-20-8-7-18(14-33-20)25-34-35-26(40-25)24(30)31)27(39)28(32)16-37(17-28)22-9-11-36(12-10-22)21-4-2-5-21/h1,3,6-8,13-14,21-22,24H,2,4-5,9-12,15-17H2. The van der Waals surface area contributed by atoms with E-state index >= 15 is 4.39 Å². The van der Waals surface area contributed by atoms with Crippen LogP contribution in [-0.2, 0) is 11.3 Å². The summed E-state index contributed by atoms with van der Waals surface area (Å²) in [6, 6.07) is 9.49. The van der Waals surface area contributed by atoms with Gasteiger partial charge in [-0.25, -0.2) is 8.78 Å². The molecule has 3 aliphatic rings. The van der Waals surface area contributed by atoms with E-state index in [1.807, 2.05) is 4.90 Å². The lowest BCUT2D eigenvalue weighted by Gasteiger charge is -2.51. The van der Waals surface area contributed by atoms with Crippen molar-refractivity contribution in [3.63, 3.8) is 0 Å². The van der Waals surface area contributed by atoms with Gasteiger partial charge in [0.05, 0.1) is 17.8 Å². The number of carbonyl (C=O) groups excluding carboxylic acids is 1. The molecule has 3 fully saturated rings. The van der Waals surface area contributed by atoms with Gasteiger partial charge in [0.15, 0.2) is 0 Å². The van der Waals surface area contributed by atoms with Gasteiger partial charge in [0, 0.05) is 37.1 Å². The number of nitrogens with zero attached hydrogens (tertiary/aromatic N) is 6. The SMILES string of the molecule is O=C(N(Cc1ccc(-c2nnc(C(F)F)o2)cn1)c1cccc(F)c1)C1(F)CN(C2CCN(C3CCC3)CC2)C1. The van der Waals surface area contributed by atoms with Gasteiger partial charge in [-0.3, -0.25) is 14.7 Å². The summed E-state index contributed by atoms with van der Waals surface area (Å²) in [5.41, 5.74) is -1.17. The summed E-state index contributed by atoms with van der Waals surface area (Å²) >= 11 is 0. The van der Waals surface area contributed by atoms with E-state index in [-0.39, 0.29) is 37.3 Å². The molecule has 1 amide bonds. The lowest BCUT2D eigenvalue weighted by Crippen LogP contribution is -2.69. The zero-order valence-electron chi connectivity index (χ0n) is 21.9. The summed E-state index contributed by atoms with van der Waals surface area (Å²) < 4.78 is 60.6. The van der Waals surface area contributed by atoms with Gasteiger partial charge in [-0.1, -0.05) is 12.5 Å². The molecule has 0 bridgehead atoms. The normalized spacial score (nSPS) is 20.3. The van der Waals surface area contributed by atoms with E-state index in [4.69, 9.17) is 4.42 Å². The van der Waals surface area contributed by atoms with Crippen molar-refractivity contribution in [1.82, 2.24) is 25.0 Å². The Labute approximate surface area is 229 Å². The lowest BCUT2D eigenvalue weighted by molar-refractivity contribution is -0.146. The van der Waals surface area contributed by atoms with Crippen LogP contribution in [0, 0.1) is 5.82 Å². The first-order valence-corrected chi connectivity index (χ1v) is 13.6. The molecule has 2 aliphatic heterocycles. The van der Waals surface area contributed by atoms with Gasteiger partial charge in [-0.2, -0.15) is 8.78 Å². The summed E-state index contributed by atoms with van der Waals surface area (Å²) in [7, 11) is 0. The molecule has 6 rings (SSSR count). The maximum Gasteiger partial charge on any atom is 0.314 e. The number of piperidine rings is 1. The highest BCUT2D eigenvalue weighted by molar-refractivity contribution is 6.00. The van der Waals surface area contributed by atoms with Crippen LogP contribution in [0.2, 0.25) is 0 Å². The maximum atomic E-state index is 16.0. The number of anilines is 1. The van der Waals surface area contributed by atoms with E-state index in [1.54, 1.807) is 12.1 Å². The molecule has 0 N–H and O–H groups in total. The van der Waals surface area contributed by atoms with Crippen LogP contribution in [-0.4, -0.2) is 74.8 Å². The van der Waals surface area contributed by atoms with E-state index in [0.717, 1.165) is 25.9 Å². The minimum Gasteiger partial charge on any atom is -0.415 e. The molecule has 1 aliphatic carbocycles. The molecule has 3 aromatic rings. The van der Waals surface area contributed by atoms with Crippen LogP contribution < -0.4 is 4.90 Å². The number of carbonyl (C=O) groups is 1. The number of aromatic nitrogens is 3. The Morgan fingerprint density at radius 2 is 1.80 bits per heavy atom. The summed E-state index contributed by atoms with van der Waals surface area (Å²) in [5.74, 6) is -2.21. The largest absolute Gasteiger partial charge is 0.415 e. The monoisotopic (exact) mass is 558 g/mol. The van der Waals surface area contributed by atoms with Gasteiger partial charge >= 0.3 is 6.43 Å². The van der Waals surface area contributed by atoms with Crippen LogP contribution in [0.5, 0.6) is 0 Å². The molecule has 12 heteroatoms. The van der Waals surface area contributed by atoms with Gasteiger partial charge in [-0.15, -0.1) is 10.2 Å². The van der Waals surface area contributed by atoms with Crippen molar-refractivity contribution < 1.29 is 26.8 Å². The van der Waals surface area contributed by atoms with Gasteiger partial charge in [0.2, 0.25) is 11.6 Å². The minimum atomic E-state index is -2.89. The van der Waals surface area contributed by atoms with Crippen molar-refractivity contribution >= 4 is 11.6 Å². The lowest BCUT2D eigenvalue weighted by atomic mass is 9.86. The number of alkyl halides is 3. The predicted molar refractivity (Wildman–Crippen MR) is 138 cm³/mol. The minimum absolute atomic E-state index is 0.00173. The molecule has 1 aromatic carbocycles. The van der Waals surface area contributed by atoms with Crippen molar-refractivity contribution in [3.05, 3.63) is 60.0 Å². The van der Waals surface area contributed by atoms with Crippen LogP contribution in [0.25, 0.3) is 11.5 Å². The molecular formula is C28H30F4N6O2. The molecule has 8 nitrogen and oxygen atoms in total. The Morgan fingerprint density at radius 1 is 1.05 bits per heavy atom. The Balaban J connectivity index is 1.14. The third-order valence-electron chi connectivity index (χ3n) is 8.28. The molecule has 2 saturated heterocycles. The molecule has 2 aromatic heterocycles. The fraction of sp³-hybridized carbons (Fsp3) is 0.500. The van der Waals surface area contributed by atoms with Crippen molar-refractivity contribution in [2.75, 3.05) is 31.1 Å². The quantitative estimate of drug-likeness (QED) is 0.368. The molecule has 0 radical (unpaired) electrons. The molecular weight excluding hydrogens is 528 g/mol. The fourth-order valence-corrected chi connectivity index (χ4v) is 5.77. The summed E-state index contributed by atoms with van der Waals surface area (Å²) in [6.07, 6.45) is 4.20. The zero-order valence-corrected chi connectivity index (χ0v) is 21.9. The van der Waals surface area contributed by atoms with Crippen molar-refractivity contribution in [2.24, 2.45) is 0 Å². The molecule has 1 saturated carbocycles. The van der Waals surface area contributed by atoms with E-state index in [9.17, 15) is 18.0 Å². The first-order valence-electron chi connectivity index (χ1n) is 13.6. The van der Waals surface area contributed by atoms with E-state index in [2.05, 4.69) is 20.1 Å². The first-order chi connectivity index (χ1) is 19.3. The second kappa shape index (κ2) is 10.9. The number of amides is 1. The molecule has 0 atom stereocenters. The highest BCUT2D eigenvalue weighted by atomic mass is 19.3. The number of halogens is 4. The molecule has 40 heavy (non-hydrogen) atoms. The molecule has 4 heterocycles. The van der Waals surface area contributed by atoms with Crippen molar-refractivity contribution in [1.29, 1.82) is 0 Å². The van der Waals surface area contributed by atoms with E-state index in [0.29, 0.717) is 17.3 Å². The van der Waals surface area contributed by atoms with Crippen LogP contribution in [0.1, 0.15) is 50.1 Å². The average molecular weight is 559 g/mol. The second-order valence-corrected chi connectivity index (χ2v) is 10.9. The first kappa shape index (κ1) is 26.8. The second-order valence-electron chi connectivity index (χ2n) is 10.9. The number of pyridine rings is 1. The Hall–Kier alpha value is -3.38. The number of hydrogen-bond acceptors (Lipinski definition) is 7. The van der Waals surface area contributed by atoms with Gasteiger partial charge in [0.25, 0.3) is 11.8 Å². The topological polar surface area (TPSA) is 78.6 Å². The van der Waals surface area contributed by atoms with Crippen LogP contribution in [0.3, 0.4) is 0 Å². The summed E-state index contributed by atoms with van der Waals surface area (Å²) in [5, 5.41) is 6.90. The average Bonchev–Trinajstić information content (AvgIpc) is 3.40. The third kappa shape index (κ3) is 5.34. The number of hydrogen-bond donors (Lipinski definition) is 0. The van der Waals surface area contributed by atoms with Crippen molar-refractivity contribution in [3.8, 4) is 11.5 Å². The summed E-state index contributed by atoms with van der Waals surface area (Å²) in [6.45, 7) is 1.90. The highest BCUT2D eigenvalue weighted by Crippen LogP contribution is 2.36. The smallest absolute Gasteiger partial charge is 0.314 e. The van der Waals surface area contributed by atoms with Crippen LogP contribution >= 0.6 is 0 Å². The van der Waals surface area contributed by atoms with Gasteiger partial charge in [0.1, 0.15) is 5.82 Å². The molecule has 0 spiro atoms. The third-order valence-corrected chi connectivity index (χ3v) is 8.28. The predicted octanol–water partition coefficient (Wildman–Crippen LogP) is 4.78. The number of rotatable bonds is 8. The summed E-state index contributed by atoms with van der Waals surface area (Å²) in [4.78, 5) is 23.7. The Morgan fingerprint density at radius 3 is 2.40 bits per heavy atom. The number of likely N-dealkylation sites (tertiary alicyclic amines) is 2. The Bertz CT molecular complexity index is 1330. The number of benzene rings is 1. The van der Waals surface area contributed by atoms with Crippen LogP contribution in [0.15, 0.2) is 47.0 Å². The molecule has 212 valence electrons. The molecule has 0 unspecified atom stereocenters. The van der Waals surface area contributed by atoms with E-state index < -0.39 is 29.7 Å². The Kier molecular flexibility index (Phi) is 7.30. The highest BCUT2D eigenvalue weighted by Gasteiger charge is 2.54.